The summed E-state index contributed by atoms with van der Waals surface area (Å²) in [5, 5.41) is 2.94. The molecular weight excluding hydrogens is 421 g/mol. The Labute approximate surface area is 191 Å². The van der Waals surface area contributed by atoms with Crippen molar-refractivity contribution in [3.8, 4) is 5.69 Å². The van der Waals surface area contributed by atoms with Crippen LogP contribution in [-0.4, -0.2) is 28.3 Å². The number of hydrogen-bond donors (Lipinski definition) is 1. The van der Waals surface area contributed by atoms with Crippen molar-refractivity contribution in [3.63, 3.8) is 0 Å². The van der Waals surface area contributed by atoms with E-state index in [9.17, 15) is 18.8 Å². The normalized spacial score (nSPS) is 15.9. The average molecular weight is 445 g/mol. The molecule has 2 heterocycles. The van der Waals surface area contributed by atoms with Crippen LogP contribution in [0.15, 0.2) is 77.4 Å². The van der Waals surface area contributed by atoms with E-state index in [2.05, 4.69) is 5.32 Å². The Balaban J connectivity index is 1.68. The summed E-state index contributed by atoms with van der Waals surface area (Å²) in [6, 6.07) is 14.5. The Morgan fingerprint density at radius 3 is 2.48 bits per heavy atom. The van der Waals surface area contributed by atoms with Crippen molar-refractivity contribution in [1.29, 1.82) is 0 Å². The number of carbonyl (C=O) groups is 2. The van der Waals surface area contributed by atoms with Gasteiger partial charge in [-0.2, -0.15) is 0 Å². The lowest BCUT2D eigenvalue weighted by Crippen LogP contribution is -2.33. The Morgan fingerprint density at radius 1 is 1.03 bits per heavy atom. The highest BCUT2D eigenvalue weighted by molar-refractivity contribution is 6.06. The first-order valence-electron chi connectivity index (χ1n) is 10.6. The number of carbonyl (C=O) groups excluding carboxylic acids is 2. The van der Waals surface area contributed by atoms with Crippen LogP contribution in [0.2, 0.25) is 0 Å². The fourth-order valence-corrected chi connectivity index (χ4v) is 3.89. The number of hydrogen-bond acceptors (Lipinski definition) is 3. The van der Waals surface area contributed by atoms with Crippen molar-refractivity contribution in [2.24, 2.45) is 0 Å². The highest BCUT2D eigenvalue weighted by atomic mass is 19.1. The van der Waals surface area contributed by atoms with Crippen molar-refractivity contribution in [2.45, 2.75) is 26.2 Å². The molecule has 6 nitrogen and oxygen atoms in total. The number of nitrogens with zero attached hydrogens (tertiary/aromatic N) is 2. The minimum absolute atomic E-state index is 0.110. The van der Waals surface area contributed by atoms with E-state index in [1.807, 2.05) is 26.0 Å². The average Bonchev–Trinajstić information content (AvgIpc) is 2.79. The number of pyridine rings is 1. The van der Waals surface area contributed by atoms with Gasteiger partial charge in [0.1, 0.15) is 5.82 Å². The molecule has 0 radical (unpaired) electrons. The van der Waals surface area contributed by atoms with Crippen LogP contribution < -0.4 is 10.9 Å². The van der Waals surface area contributed by atoms with Crippen LogP contribution in [0.4, 0.5) is 10.1 Å². The third-order valence-corrected chi connectivity index (χ3v) is 5.82. The summed E-state index contributed by atoms with van der Waals surface area (Å²) in [6.07, 6.45) is 3.38. The van der Waals surface area contributed by atoms with Crippen molar-refractivity contribution in [3.05, 3.63) is 105 Å². The largest absolute Gasteiger partial charge is 0.322 e. The SMILES string of the molecule is Cc1ccc(=O)n(-c2ccc(C)c(NC(=O)C3=CN(C)C(=O)C[C@H]3c3ccc(F)cc3)c2)c1. The lowest BCUT2D eigenvalue weighted by atomic mass is 9.85. The molecule has 1 aliphatic rings. The number of halogens is 1. The zero-order chi connectivity index (χ0) is 23.7. The Hall–Kier alpha value is -4.00. The van der Waals surface area contributed by atoms with E-state index in [-0.39, 0.29) is 29.6 Å². The molecule has 0 bridgehead atoms. The minimum atomic E-state index is -0.489. The fourth-order valence-electron chi connectivity index (χ4n) is 3.89. The number of amides is 2. The van der Waals surface area contributed by atoms with Gasteiger partial charge in [0.05, 0.1) is 5.69 Å². The summed E-state index contributed by atoms with van der Waals surface area (Å²) in [5.74, 6) is -1.36. The Morgan fingerprint density at radius 2 is 1.76 bits per heavy atom. The molecule has 0 fully saturated rings. The monoisotopic (exact) mass is 445 g/mol. The molecule has 1 N–H and O–H groups in total. The van der Waals surface area contributed by atoms with Gasteiger partial charge in [-0.15, -0.1) is 0 Å². The van der Waals surface area contributed by atoms with E-state index >= 15 is 0 Å². The lowest BCUT2D eigenvalue weighted by Gasteiger charge is -2.28. The van der Waals surface area contributed by atoms with Gasteiger partial charge >= 0.3 is 0 Å². The summed E-state index contributed by atoms with van der Waals surface area (Å²) in [4.78, 5) is 39.4. The molecule has 7 heteroatoms. The molecule has 1 aromatic heterocycles. The topological polar surface area (TPSA) is 71.4 Å². The van der Waals surface area contributed by atoms with Crippen LogP contribution in [0.25, 0.3) is 5.69 Å². The lowest BCUT2D eigenvalue weighted by molar-refractivity contribution is -0.128. The van der Waals surface area contributed by atoms with Gasteiger partial charge in [-0.25, -0.2) is 4.39 Å². The van der Waals surface area contributed by atoms with Crippen LogP contribution in [0.1, 0.15) is 29.0 Å². The van der Waals surface area contributed by atoms with Crippen molar-refractivity contribution >= 4 is 17.5 Å². The molecular formula is C26H24FN3O3. The zero-order valence-electron chi connectivity index (χ0n) is 18.6. The maximum absolute atomic E-state index is 13.4. The fraction of sp³-hybridized carbons (Fsp3) is 0.192. The summed E-state index contributed by atoms with van der Waals surface area (Å²) >= 11 is 0. The van der Waals surface area contributed by atoms with Gasteiger partial charge in [-0.3, -0.25) is 19.0 Å². The van der Waals surface area contributed by atoms with Gasteiger partial charge in [-0.05, 0) is 54.8 Å². The molecule has 0 spiro atoms. The van der Waals surface area contributed by atoms with Gasteiger partial charge in [0, 0.05) is 49.1 Å². The van der Waals surface area contributed by atoms with E-state index in [1.165, 1.54) is 33.9 Å². The third kappa shape index (κ3) is 4.62. The van der Waals surface area contributed by atoms with Gasteiger partial charge < -0.3 is 10.2 Å². The first-order valence-corrected chi connectivity index (χ1v) is 10.6. The highest BCUT2D eigenvalue weighted by Gasteiger charge is 2.31. The Kier molecular flexibility index (Phi) is 5.96. The predicted octanol–water partition coefficient (Wildman–Crippen LogP) is 4.06. The highest BCUT2D eigenvalue weighted by Crippen LogP contribution is 2.33. The molecule has 2 aromatic carbocycles. The molecule has 0 unspecified atom stereocenters. The van der Waals surface area contributed by atoms with Crippen LogP contribution in [0, 0.1) is 19.7 Å². The molecule has 1 atom stereocenters. The molecule has 4 rings (SSSR count). The maximum atomic E-state index is 13.4. The molecule has 1 aliphatic heterocycles. The smallest absolute Gasteiger partial charge is 0.255 e. The molecule has 3 aromatic rings. The van der Waals surface area contributed by atoms with E-state index in [4.69, 9.17) is 0 Å². The molecule has 33 heavy (non-hydrogen) atoms. The van der Waals surface area contributed by atoms with Gasteiger partial charge in [0.15, 0.2) is 0 Å². The van der Waals surface area contributed by atoms with Crippen LogP contribution >= 0.6 is 0 Å². The zero-order valence-corrected chi connectivity index (χ0v) is 18.6. The first-order chi connectivity index (χ1) is 15.7. The van der Waals surface area contributed by atoms with Crippen LogP contribution in [-0.2, 0) is 9.59 Å². The van der Waals surface area contributed by atoms with E-state index in [0.29, 0.717) is 22.5 Å². The maximum Gasteiger partial charge on any atom is 0.255 e. The molecule has 168 valence electrons. The van der Waals surface area contributed by atoms with E-state index < -0.39 is 5.92 Å². The van der Waals surface area contributed by atoms with E-state index in [1.54, 1.807) is 37.5 Å². The van der Waals surface area contributed by atoms with E-state index in [0.717, 1.165) is 11.1 Å². The molecule has 0 saturated heterocycles. The van der Waals surface area contributed by atoms with Crippen LogP contribution in [0.3, 0.4) is 0 Å². The summed E-state index contributed by atoms with van der Waals surface area (Å²) < 4.78 is 14.9. The van der Waals surface area contributed by atoms with Gasteiger partial charge in [0.2, 0.25) is 5.91 Å². The number of aryl methyl sites for hydroxylation is 2. The molecule has 2 amide bonds. The Bertz CT molecular complexity index is 1330. The predicted molar refractivity (Wildman–Crippen MR) is 125 cm³/mol. The standard InChI is InChI=1S/C26H24FN3O3/c1-16-4-11-24(31)30(14-16)20-10-5-17(2)23(12-20)28-26(33)22-15-29(3)25(32)13-21(22)18-6-8-19(27)9-7-18/h4-12,14-15,21H,13H2,1-3H3,(H,28,33)/t21-/m0/s1. The quantitative estimate of drug-likeness (QED) is 0.658. The van der Waals surface area contributed by atoms with Crippen LogP contribution in [0.5, 0.6) is 0 Å². The van der Waals surface area contributed by atoms with Gasteiger partial charge in [0.25, 0.3) is 11.5 Å². The number of aromatic nitrogens is 1. The number of anilines is 1. The molecule has 0 aliphatic carbocycles. The number of benzene rings is 2. The third-order valence-electron chi connectivity index (χ3n) is 5.82. The summed E-state index contributed by atoms with van der Waals surface area (Å²) in [5.41, 5.74) is 3.87. The summed E-state index contributed by atoms with van der Waals surface area (Å²) in [7, 11) is 1.60. The minimum Gasteiger partial charge on any atom is -0.322 e. The van der Waals surface area contributed by atoms with Crippen molar-refractivity contribution in [2.75, 3.05) is 12.4 Å². The first kappa shape index (κ1) is 22.2. The second-order valence-electron chi connectivity index (χ2n) is 8.27. The second kappa shape index (κ2) is 8.86. The number of nitrogens with one attached hydrogen (secondary N) is 1. The second-order valence-corrected chi connectivity index (χ2v) is 8.27. The summed E-state index contributed by atoms with van der Waals surface area (Å²) in [6.45, 7) is 3.76. The van der Waals surface area contributed by atoms with Gasteiger partial charge in [-0.1, -0.05) is 24.3 Å². The van der Waals surface area contributed by atoms with Crippen molar-refractivity contribution in [1.82, 2.24) is 9.47 Å². The molecule has 0 saturated carbocycles. The van der Waals surface area contributed by atoms with Crippen molar-refractivity contribution < 1.29 is 14.0 Å². The number of rotatable bonds is 4.